The highest BCUT2D eigenvalue weighted by molar-refractivity contribution is 6.25. The molecule has 33 heavy (non-hydrogen) atoms. The minimum Gasteiger partial charge on any atom is -0.354 e. The van der Waals surface area contributed by atoms with Gasteiger partial charge >= 0.3 is 0 Å². The van der Waals surface area contributed by atoms with Crippen LogP contribution in [0.4, 0.5) is 0 Å². The van der Waals surface area contributed by atoms with E-state index in [1.165, 1.54) is 75.8 Å². The summed E-state index contributed by atoms with van der Waals surface area (Å²) in [7, 11) is 0. The molecule has 4 fully saturated rings. The van der Waals surface area contributed by atoms with Crippen LogP contribution in [0, 0.1) is 23.7 Å². The van der Waals surface area contributed by atoms with Gasteiger partial charge in [0.2, 0.25) is 0 Å². The van der Waals surface area contributed by atoms with Crippen molar-refractivity contribution in [3.63, 3.8) is 0 Å². The van der Waals surface area contributed by atoms with Crippen molar-refractivity contribution in [2.75, 3.05) is 0 Å². The molecule has 0 amide bonds. The van der Waals surface area contributed by atoms with E-state index in [1.54, 1.807) is 11.1 Å². The first-order valence-corrected chi connectivity index (χ1v) is 12.9. The monoisotopic (exact) mass is 425 g/mol. The highest BCUT2D eigenvalue weighted by atomic mass is 14.7. The van der Waals surface area contributed by atoms with Gasteiger partial charge in [-0.15, -0.1) is 0 Å². The number of H-pyrrole nitrogens is 1. The van der Waals surface area contributed by atoms with E-state index in [0.29, 0.717) is 0 Å². The van der Waals surface area contributed by atoms with Crippen molar-refractivity contribution < 1.29 is 0 Å². The standard InChI is InChI=1S/C32H27N/c1-2-6-23-20(5-1)9-11-27-30(23)31-28(33-27)12-10-26-29(31)24-7-3-4-8-25(24)32(26)21-14-18-13-19(16-21)17-22(32)15-18/h1-12,18-19,21-22,33H,13-17H2. The first-order valence-electron chi connectivity index (χ1n) is 12.9. The van der Waals surface area contributed by atoms with Crippen LogP contribution in [0.15, 0.2) is 72.8 Å². The molecule has 1 heteroatoms. The predicted octanol–water partition coefficient (Wildman–Crippen LogP) is 8.20. The Kier molecular flexibility index (Phi) is 3.01. The highest BCUT2D eigenvalue weighted by Gasteiger charge is 2.61. The van der Waals surface area contributed by atoms with Crippen molar-refractivity contribution >= 4 is 32.6 Å². The molecule has 10 rings (SSSR count). The lowest BCUT2D eigenvalue weighted by molar-refractivity contribution is -0.0399. The minimum absolute atomic E-state index is 0.238. The Morgan fingerprint density at radius 1 is 0.606 bits per heavy atom. The largest absolute Gasteiger partial charge is 0.354 e. The van der Waals surface area contributed by atoms with Crippen LogP contribution in [-0.2, 0) is 5.41 Å². The molecular formula is C32H27N. The van der Waals surface area contributed by atoms with Crippen LogP contribution in [0.25, 0.3) is 43.7 Å². The Bertz CT molecular complexity index is 1610. The summed E-state index contributed by atoms with van der Waals surface area (Å²) in [5, 5.41) is 5.57. The molecule has 0 radical (unpaired) electrons. The quantitative estimate of drug-likeness (QED) is 0.257. The Labute approximate surface area is 193 Å². The molecule has 1 aromatic heterocycles. The SMILES string of the molecule is c1ccc2c(c1)-c1c(ccc3[nH]c4ccc5ccccc5c4c13)C21C2CC3CC(C2)CC1C3. The number of aromatic amines is 1. The first-order chi connectivity index (χ1) is 16.3. The fourth-order valence-electron chi connectivity index (χ4n) is 9.40. The molecule has 0 aliphatic heterocycles. The minimum atomic E-state index is 0.238. The molecule has 4 bridgehead atoms. The molecule has 0 saturated heterocycles. The van der Waals surface area contributed by atoms with E-state index in [0.717, 1.165) is 23.7 Å². The van der Waals surface area contributed by atoms with Crippen LogP contribution >= 0.6 is 0 Å². The zero-order valence-electron chi connectivity index (χ0n) is 18.8. The number of rotatable bonds is 0. The van der Waals surface area contributed by atoms with E-state index in [4.69, 9.17) is 0 Å². The van der Waals surface area contributed by atoms with Crippen molar-refractivity contribution in [1.29, 1.82) is 0 Å². The molecule has 5 aromatic rings. The van der Waals surface area contributed by atoms with Crippen molar-refractivity contribution in [2.45, 2.75) is 37.5 Å². The topological polar surface area (TPSA) is 15.8 Å². The second-order valence-corrected chi connectivity index (χ2v) is 11.5. The summed E-state index contributed by atoms with van der Waals surface area (Å²) in [6.07, 6.45) is 7.27. The van der Waals surface area contributed by atoms with Gasteiger partial charge in [0, 0.05) is 27.2 Å². The number of fused-ring (bicyclic) bond motifs is 9. The van der Waals surface area contributed by atoms with Crippen LogP contribution in [0.3, 0.4) is 0 Å². The Morgan fingerprint density at radius 3 is 2.15 bits per heavy atom. The van der Waals surface area contributed by atoms with E-state index in [-0.39, 0.29) is 5.41 Å². The molecule has 1 spiro atoms. The first kappa shape index (κ1) is 17.4. The second-order valence-electron chi connectivity index (χ2n) is 11.5. The lowest BCUT2D eigenvalue weighted by Crippen LogP contribution is -2.55. The van der Waals surface area contributed by atoms with Crippen molar-refractivity contribution in [1.82, 2.24) is 4.98 Å². The molecule has 5 aliphatic carbocycles. The van der Waals surface area contributed by atoms with Crippen LogP contribution in [0.1, 0.15) is 43.2 Å². The molecule has 1 nitrogen and oxygen atoms in total. The molecule has 4 saturated carbocycles. The van der Waals surface area contributed by atoms with Gasteiger partial charge in [-0.1, -0.05) is 60.7 Å². The van der Waals surface area contributed by atoms with Crippen molar-refractivity contribution in [3.05, 3.63) is 83.9 Å². The maximum Gasteiger partial charge on any atom is 0.0471 e. The van der Waals surface area contributed by atoms with E-state index < -0.39 is 0 Å². The number of aromatic nitrogens is 1. The third-order valence-electron chi connectivity index (χ3n) is 10.2. The smallest absolute Gasteiger partial charge is 0.0471 e. The molecule has 1 N–H and O–H groups in total. The summed E-state index contributed by atoms with van der Waals surface area (Å²) in [4.78, 5) is 3.79. The maximum atomic E-state index is 3.79. The molecule has 4 aromatic carbocycles. The highest BCUT2D eigenvalue weighted by Crippen LogP contribution is 2.70. The zero-order valence-corrected chi connectivity index (χ0v) is 18.8. The number of benzene rings is 4. The Balaban J connectivity index is 1.47. The fraction of sp³-hybridized carbons (Fsp3) is 0.312. The van der Waals surface area contributed by atoms with Crippen LogP contribution < -0.4 is 0 Å². The van der Waals surface area contributed by atoms with E-state index in [2.05, 4.69) is 77.8 Å². The third-order valence-corrected chi connectivity index (χ3v) is 10.2. The van der Waals surface area contributed by atoms with Crippen LogP contribution in [0.5, 0.6) is 0 Å². The summed E-state index contributed by atoms with van der Waals surface area (Å²) >= 11 is 0. The molecule has 160 valence electrons. The van der Waals surface area contributed by atoms with Gasteiger partial charge in [-0.25, -0.2) is 0 Å². The zero-order chi connectivity index (χ0) is 21.3. The fourth-order valence-corrected chi connectivity index (χ4v) is 9.40. The normalized spacial score (nSPS) is 31.2. The maximum absolute atomic E-state index is 3.79. The molecule has 5 aliphatic rings. The van der Waals surface area contributed by atoms with Gasteiger partial charge in [0.25, 0.3) is 0 Å². The summed E-state index contributed by atoms with van der Waals surface area (Å²) in [6.45, 7) is 0. The lowest BCUT2D eigenvalue weighted by atomic mass is 9.43. The van der Waals surface area contributed by atoms with Crippen molar-refractivity contribution in [3.8, 4) is 11.1 Å². The van der Waals surface area contributed by atoms with E-state index in [9.17, 15) is 0 Å². The third kappa shape index (κ3) is 1.91. The molecule has 1 heterocycles. The van der Waals surface area contributed by atoms with E-state index in [1.807, 2.05) is 0 Å². The van der Waals surface area contributed by atoms with Gasteiger partial charge in [-0.3, -0.25) is 0 Å². The number of nitrogens with one attached hydrogen (secondary N) is 1. The molecule has 0 unspecified atom stereocenters. The van der Waals surface area contributed by atoms with Crippen LogP contribution in [-0.4, -0.2) is 4.98 Å². The van der Waals surface area contributed by atoms with Gasteiger partial charge in [-0.2, -0.15) is 0 Å². The number of hydrogen-bond donors (Lipinski definition) is 1. The van der Waals surface area contributed by atoms with Gasteiger partial charge < -0.3 is 4.98 Å². The van der Waals surface area contributed by atoms with Gasteiger partial charge in [0.1, 0.15) is 0 Å². The predicted molar refractivity (Wildman–Crippen MR) is 137 cm³/mol. The van der Waals surface area contributed by atoms with Gasteiger partial charge in [0.05, 0.1) is 0 Å². The summed E-state index contributed by atoms with van der Waals surface area (Å²) < 4.78 is 0. The molecule has 0 atom stereocenters. The second kappa shape index (κ2) is 5.70. The van der Waals surface area contributed by atoms with E-state index >= 15 is 0 Å². The molecular weight excluding hydrogens is 398 g/mol. The van der Waals surface area contributed by atoms with Crippen LogP contribution in [0.2, 0.25) is 0 Å². The average Bonchev–Trinajstić information content (AvgIpc) is 3.36. The lowest BCUT2D eigenvalue weighted by Gasteiger charge is -2.61. The Hall–Kier alpha value is -3.06. The summed E-state index contributed by atoms with van der Waals surface area (Å²) in [6, 6.07) is 27.9. The number of hydrogen-bond acceptors (Lipinski definition) is 0. The summed E-state index contributed by atoms with van der Waals surface area (Å²) in [5.41, 5.74) is 9.14. The van der Waals surface area contributed by atoms with Gasteiger partial charge in [-0.05, 0) is 101 Å². The summed E-state index contributed by atoms with van der Waals surface area (Å²) in [5.74, 6) is 3.59. The van der Waals surface area contributed by atoms with Gasteiger partial charge in [0.15, 0.2) is 0 Å². The Morgan fingerprint density at radius 2 is 1.30 bits per heavy atom. The van der Waals surface area contributed by atoms with Crippen molar-refractivity contribution in [2.24, 2.45) is 23.7 Å². The average molecular weight is 426 g/mol.